The maximum atomic E-state index is 5.74. The van der Waals surface area contributed by atoms with Crippen LogP contribution >= 0.6 is 0 Å². The summed E-state index contributed by atoms with van der Waals surface area (Å²) in [5.41, 5.74) is 0. The van der Waals surface area contributed by atoms with Crippen LogP contribution in [-0.4, -0.2) is 25.4 Å². The monoisotopic (exact) mass is 226 g/mol. The molecule has 0 saturated carbocycles. The lowest BCUT2D eigenvalue weighted by molar-refractivity contribution is 0.00117. The second-order valence-corrected chi connectivity index (χ2v) is 5.26. The minimum atomic E-state index is 0.570. The van der Waals surface area contributed by atoms with Gasteiger partial charge >= 0.3 is 0 Å². The Bertz CT molecular complexity index is 150. The van der Waals surface area contributed by atoms with E-state index >= 15 is 0 Å². The molecule has 94 valence electrons. The van der Waals surface area contributed by atoms with Crippen LogP contribution in [0.1, 0.15) is 64.2 Å². The standard InChI is InChI=1S/C14H26O2/c1(7-13-9-3-5-11-15-13)2-8-14-10-4-6-12-16-14/h13-14H,1-12H2. The van der Waals surface area contributed by atoms with Crippen molar-refractivity contribution in [2.75, 3.05) is 13.2 Å². The Kier molecular flexibility index (Phi) is 5.64. The molecule has 2 heteroatoms. The van der Waals surface area contributed by atoms with Crippen LogP contribution in [0.2, 0.25) is 0 Å². The first-order valence-electron chi connectivity index (χ1n) is 7.18. The third-order valence-corrected chi connectivity index (χ3v) is 3.85. The summed E-state index contributed by atoms with van der Waals surface area (Å²) in [4.78, 5) is 0. The lowest BCUT2D eigenvalue weighted by Gasteiger charge is -2.24. The molecule has 2 saturated heterocycles. The van der Waals surface area contributed by atoms with Gasteiger partial charge < -0.3 is 9.47 Å². The molecule has 0 radical (unpaired) electrons. The summed E-state index contributed by atoms with van der Waals surface area (Å²) in [5, 5.41) is 0. The van der Waals surface area contributed by atoms with Crippen LogP contribution in [0.3, 0.4) is 0 Å². The number of ether oxygens (including phenoxy) is 2. The van der Waals surface area contributed by atoms with E-state index in [2.05, 4.69) is 0 Å². The fourth-order valence-electron chi connectivity index (χ4n) is 2.81. The Balaban J connectivity index is 1.47. The smallest absolute Gasteiger partial charge is 0.0575 e. The quantitative estimate of drug-likeness (QED) is 0.666. The van der Waals surface area contributed by atoms with E-state index in [1.807, 2.05) is 0 Å². The maximum Gasteiger partial charge on any atom is 0.0575 e. The molecule has 2 fully saturated rings. The maximum absolute atomic E-state index is 5.74. The molecule has 0 aliphatic carbocycles. The van der Waals surface area contributed by atoms with E-state index in [4.69, 9.17) is 9.47 Å². The summed E-state index contributed by atoms with van der Waals surface area (Å²) in [5.74, 6) is 0. The van der Waals surface area contributed by atoms with Crippen LogP contribution < -0.4 is 0 Å². The molecule has 2 rings (SSSR count). The van der Waals surface area contributed by atoms with Crippen molar-refractivity contribution in [3.63, 3.8) is 0 Å². The van der Waals surface area contributed by atoms with Crippen molar-refractivity contribution in [2.24, 2.45) is 0 Å². The average molecular weight is 226 g/mol. The fraction of sp³-hybridized carbons (Fsp3) is 1.00. The van der Waals surface area contributed by atoms with Crippen LogP contribution in [0, 0.1) is 0 Å². The molecule has 0 amide bonds. The topological polar surface area (TPSA) is 18.5 Å². The van der Waals surface area contributed by atoms with Crippen LogP contribution in [0.15, 0.2) is 0 Å². The molecule has 0 bridgehead atoms. The summed E-state index contributed by atoms with van der Waals surface area (Å²) >= 11 is 0. The second kappa shape index (κ2) is 7.29. The molecule has 0 aromatic heterocycles. The van der Waals surface area contributed by atoms with Crippen molar-refractivity contribution in [1.29, 1.82) is 0 Å². The van der Waals surface area contributed by atoms with E-state index in [1.54, 1.807) is 0 Å². The third kappa shape index (κ3) is 4.42. The first-order chi connectivity index (χ1) is 7.95. The van der Waals surface area contributed by atoms with E-state index < -0.39 is 0 Å². The lowest BCUT2D eigenvalue weighted by Crippen LogP contribution is -2.20. The highest BCUT2D eigenvalue weighted by atomic mass is 16.5. The Morgan fingerprint density at radius 2 is 1.19 bits per heavy atom. The van der Waals surface area contributed by atoms with Gasteiger partial charge in [0.1, 0.15) is 0 Å². The normalized spacial score (nSPS) is 31.5. The zero-order chi connectivity index (χ0) is 11.1. The van der Waals surface area contributed by atoms with Gasteiger partial charge in [-0.2, -0.15) is 0 Å². The van der Waals surface area contributed by atoms with Crippen LogP contribution in [0.4, 0.5) is 0 Å². The van der Waals surface area contributed by atoms with Crippen molar-refractivity contribution in [2.45, 2.75) is 76.4 Å². The zero-order valence-electron chi connectivity index (χ0n) is 10.5. The van der Waals surface area contributed by atoms with Crippen molar-refractivity contribution in [1.82, 2.24) is 0 Å². The van der Waals surface area contributed by atoms with Crippen molar-refractivity contribution in [3.8, 4) is 0 Å². The van der Waals surface area contributed by atoms with Gasteiger partial charge in [0, 0.05) is 13.2 Å². The highest BCUT2D eigenvalue weighted by Gasteiger charge is 2.15. The number of hydrogen-bond donors (Lipinski definition) is 0. The molecule has 2 aliphatic rings. The van der Waals surface area contributed by atoms with E-state index in [9.17, 15) is 0 Å². The van der Waals surface area contributed by atoms with Gasteiger partial charge in [0.2, 0.25) is 0 Å². The van der Waals surface area contributed by atoms with Crippen molar-refractivity contribution in [3.05, 3.63) is 0 Å². The first-order valence-corrected chi connectivity index (χ1v) is 7.18. The van der Waals surface area contributed by atoms with Gasteiger partial charge in [0.25, 0.3) is 0 Å². The van der Waals surface area contributed by atoms with E-state index in [-0.39, 0.29) is 0 Å². The first kappa shape index (κ1) is 12.4. The van der Waals surface area contributed by atoms with Gasteiger partial charge in [-0.15, -0.1) is 0 Å². The summed E-state index contributed by atoms with van der Waals surface area (Å²) in [6.45, 7) is 1.99. The van der Waals surface area contributed by atoms with E-state index in [1.165, 1.54) is 64.2 Å². The van der Waals surface area contributed by atoms with Crippen LogP contribution in [-0.2, 0) is 9.47 Å². The minimum Gasteiger partial charge on any atom is -0.378 e. The molecule has 0 aromatic rings. The minimum absolute atomic E-state index is 0.570. The highest BCUT2D eigenvalue weighted by Crippen LogP contribution is 2.21. The van der Waals surface area contributed by atoms with E-state index in [0.717, 1.165) is 13.2 Å². The Morgan fingerprint density at radius 3 is 1.56 bits per heavy atom. The van der Waals surface area contributed by atoms with Gasteiger partial charge in [-0.05, 0) is 51.4 Å². The van der Waals surface area contributed by atoms with Gasteiger partial charge in [-0.25, -0.2) is 0 Å². The van der Waals surface area contributed by atoms with Crippen molar-refractivity contribution < 1.29 is 9.47 Å². The second-order valence-electron chi connectivity index (χ2n) is 5.26. The lowest BCUT2D eigenvalue weighted by atomic mass is 9.99. The molecule has 2 unspecified atom stereocenters. The predicted molar refractivity (Wildman–Crippen MR) is 65.7 cm³/mol. The summed E-state index contributed by atoms with van der Waals surface area (Å²) in [7, 11) is 0. The third-order valence-electron chi connectivity index (χ3n) is 3.85. The van der Waals surface area contributed by atoms with Gasteiger partial charge in [-0.1, -0.05) is 12.8 Å². The molecule has 2 nitrogen and oxygen atoms in total. The Labute approximate surface area is 99.7 Å². The Morgan fingerprint density at radius 1 is 0.688 bits per heavy atom. The van der Waals surface area contributed by atoms with Gasteiger partial charge in [0.05, 0.1) is 12.2 Å². The van der Waals surface area contributed by atoms with Gasteiger partial charge in [-0.3, -0.25) is 0 Å². The number of rotatable bonds is 5. The molecule has 0 N–H and O–H groups in total. The average Bonchev–Trinajstić information content (AvgIpc) is 2.37. The fourth-order valence-corrected chi connectivity index (χ4v) is 2.81. The van der Waals surface area contributed by atoms with Crippen molar-refractivity contribution >= 4 is 0 Å². The molecule has 2 atom stereocenters. The molecular weight excluding hydrogens is 200 g/mol. The molecular formula is C14H26O2. The molecule has 16 heavy (non-hydrogen) atoms. The largest absolute Gasteiger partial charge is 0.378 e. The van der Waals surface area contributed by atoms with E-state index in [0.29, 0.717) is 12.2 Å². The van der Waals surface area contributed by atoms with Crippen LogP contribution in [0.25, 0.3) is 0 Å². The highest BCUT2D eigenvalue weighted by molar-refractivity contribution is 4.66. The van der Waals surface area contributed by atoms with Crippen LogP contribution in [0.5, 0.6) is 0 Å². The molecule has 0 spiro atoms. The molecule has 2 aliphatic heterocycles. The SMILES string of the molecule is C1CCC(CCCCC2CCCCO2)OC1. The molecule has 2 heterocycles. The number of hydrogen-bond acceptors (Lipinski definition) is 2. The summed E-state index contributed by atoms with van der Waals surface area (Å²) in [6, 6.07) is 0. The predicted octanol–water partition coefficient (Wildman–Crippen LogP) is 3.69. The van der Waals surface area contributed by atoms with Gasteiger partial charge in [0.15, 0.2) is 0 Å². The molecule has 0 aromatic carbocycles. The summed E-state index contributed by atoms with van der Waals surface area (Å²) in [6.07, 6.45) is 14.2. The summed E-state index contributed by atoms with van der Waals surface area (Å²) < 4.78 is 11.5. The Hall–Kier alpha value is -0.0800. The number of unbranched alkanes of at least 4 members (excludes halogenated alkanes) is 1. The zero-order valence-corrected chi connectivity index (χ0v) is 10.5.